The SMILES string of the molecule is O=C(C1CCCNC1)N1CCN(c2cc(F)ccc2F)CC1. The highest BCUT2D eigenvalue weighted by Gasteiger charge is 2.29. The zero-order valence-electron chi connectivity index (χ0n) is 12.5. The summed E-state index contributed by atoms with van der Waals surface area (Å²) in [5.41, 5.74) is 0.284. The Bertz CT molecular complexity index is 538. The van der Waals surface area contributed by atoms with Gasteiger partial charge in [0.1, 0.15) is 11.6 Å². The van der Waals surface area contributed by atoms with E-state index < -0.39 is 11.6 Å². The van der Waals surface area contributed by atoms with Gasteiger partial charge in [0, 0.05) is 38.8 Å². The number of hydrogen-bond acceptors (Lipinski definition) is 3. The fourth-order valence-electron chi connectivity index (χ4n) is 3.22. The van der Waals surface area contributed by atoms with Crippen LogP contribution < -0.4 is 10.2 Å². The average molecular weight is 309 g/mol. The lowest BCUT2D eigenvalue weighted by Crippen LogP contribution is -2.52. The predicted molar refractivity (Wildman–Crippen MR) is 80.7 cm³/mol. The van der Waals surface area contributed by atoms with Crippen molar-refractivity contribution in [3.63, 3.8) is 0 Å². The maximum Gasteiger partial charge on any atom is 0.227 e. The quantitative estimate of drug-likeness (QED) is 0.901. The molecule has 120 valence electrons. The first-order valence-electron chi connectivity index (χ1n) is 7.84. The van der Waals surface area contributed by atoms with Crippen LogP contribution in [0.25, 0.3) is 0 Å². The Morgan fingerprint density at radius 1 is 1.18 bits per heavy atom. The van der Waals surface area contributed by atoms with Crippen LogP contribution in [-0.4, -0.2) is 50.1 Å². The van der Waals surface area contributed by atoms with Crippen LogP contribution in [0, 0.1) is 17.6 Å². The van der Waals surface area contributed by atoms with Gasteiger partial charge in [-0.15, -0.1) is 0 Å². The molecule has 4 nitrogen and oxygen atoms in total. The molecule has 1 amide bonds. The number of piperazine rings is 1. The molecule has 6 heteroatoms. The molecule has 3 rings (SSSR count). The maximum absolute atomic E-state index is 13.8. The van der Waals surface area contributed by atoms with E-state index in [0.29, 0.717) is 26.2 Å². The van der Waals surface area contributed by atoms with Crippen LogP contribution in [-0.2, 0) is 4.79 Å². The molecule has 1 N–H and O–H groups in total. The minimum atomic E-state index is -0.441. The Labute approximate surface area is 129 Å². The van der Waals surface area contributed by atoms with Gasteiger partial charge in [0.25, 0.3) is 0 Å². The van der Waals surface area contributed by atoms with Crippen molar-refractivity contribution in [1.29, 1.82) is 0 Å². The van der Waals surface area contributed by atoms with E-state index in [1.807, 2.05) is 4.90 Å². The summed E-state index contributed by atoms with van der Waals surface area (Å²) < 4.78 is 27.1. The van der Waals surface area contributed by atoms with Crippen LogP contribution >= 0.6 is 0 Å². The van der Waals surface area contributed by atoms with Gasteiger partial charge in [-0.2, -0.15) is 0 Å². The van der Waals surface area contributed by atoms with Crippen LogP contribution in [0.4, 0.5) is 14.5 Å². The van der Waals surface area contributed by atoms with Crippen LogP contribution in [0.2, 0.25) is 0 Å². The molecule has 0 radical (unpaired) electrons. The first-order chi connectivity index (χ1) is 10.6. The number of anilines is 1. The number of rotatable bonds is 2. The average Bonchev–Trinajstić information content (AvgIpc) is 2.57. The molecular weight excluding hydrogens is 288 g/mol. The number of piperidine rings is 1. The lowest BCUT2D eigenvalue weighted by atomic mass is 9.98. The van der Waals surface area contributed by atoms with Gasteiger partial charge in [0.05, 0.1) is 11.6 Å². The molecule has 0 spiro atoms. The fourth-order valence-corrected chi connectivity index (χ4v) is 3.22. The smallest absolute Gasteiger partial charge is 0.227 e. The molecule has 2 fully saturated rings. The molecule has 0 saturated carbocycles. The second kappa shape index (κ2) is 6.60. The standard InChI is InChI=1S/C16H21F2N3O/c17-13-3-4-14(18)15(10-13)20-6-8-21(9-7-20)16(22)12-2-1-5-19-11-12/h3-4,10,12,19H,1-2,5-9,11H2. The fraction of sp³-hybridized carbons (Fsp3) is 0.562. The largest absolute Gasteiger partial charge is 0.366 e. The van der Waals surface area contributed by atoms with Crippen LogP contribution in [0.5, 0.6) is 0 Å². The number of nitrogens with zero attached hydrogens (tertiary/aromatic N) is 2. The molecule has 2 saturated heterocycles. The molecule has 2 heterocycles. The van der Waals surface area contributed by atoms with Gasteiger partial charge in [0.2, 0.25) is 5.91 Å². The molecule has 0 bridgehead atoms. The summed E-state index contributed by atoms with van der Waals surface area (Å²) in [4.78, 5) is 16.1. The summed E-state index contributed by atoms with van der Waals surface area (Å²) in [6.07, 6.45) is 1.97. The summed E-state index contributed by atoms with van der Waals surface area (Å²) in [6.45, 7) is 3.92. The van der Waals surface area contributed by atoms with Gasteiger partial charge in [-0.1, -0.05) is 0 Å². The van der Waals surface area contributed by atoms with E-state index in [1.165, 1.54) is 6.07 Å². The normalized spacial score (nSPS) is 22.7. The third-order valence-electron chi connectivity index (χ3n) is 4.49. The summed E-state index contributed by atoms with van der Waals surface area (Å²) in [5, 5.41) is 3.25. The number of nitrogens with one attached hydrogen (secondary N) is 1. The predicted octanol–water partition coefficient (Wildman–Crippen LogP) is 1.61. The highest BCUT2D eigenvalue weighted by Crippen LogP contribution is 2.23. The zero-order valence-corrected chi connectivity index (χ0v) is 12.5. The van der Waals surface area contributed by atoms with Gasteiger partial charge in [-0.25, -0.2) is 8.78 Å². The Hall–Kier alpha value is -1.69. The van der Waals surface area contributed by atoms with Gasteiger partial charge < -0.3 is 15.1 Å². The van der Waals surface area contributed by atoms with Crippen molar-refractivity contribution in [2.24, 2.45) is 5.92 Å². The molecule has 0 aliphatic carbocycles. The molecule has 1 unspecified atom stereocenters. The van der Waals surface area contributed by atoms with Gasteiger partial charge in [-0.05, 0) is 31.5 Å². The van der Waals surface area contributed by atoms with Crippen molar-refractivity contribution >= 4 is 11.6 Å². The molecule has 1 atom stereocenters. The minimum Gasteiger partial charge on any atom is -0.366 e. The highest BCUT2D eigenvalue weighted by molar-refractivity contribution is 5.79. The summed E-state index contributed by atoms with van der Waals surface area (Å²) >= 11 is 0. The zero-order chi connectivity index (χ0) is 15.5. The Morgan fingerprint density at radius 3 is 2.64 bits per heavy atom. The minimum absolute atomic E-state index is 0.0613. The van der Waals surface area contributed by atoms with E-state index in [9.17, 15) is 13.6 Å². The van der Waals surface area contributed by atoms with Crippen LogP contribution in [0.15, 0.2) is 18.2 Å². The van der Waals surface area contributed by atoms with Gasteiger partial charge >= 0.3 is 0 Å². The van der Waals surface area contributed by atoms with Crippen molar-refractivity contribution < 1.29 is 13.6 Å². The Morgan fingerprint density at radius 2 is 1.95 bits per heavy atom. The third-order valence-corrected chi connectivity index (χ3v) is 4.49. The first kappa shape index (κ1) is 15.2. The van der Waals surface area contributed by atoms with Gasteiger partial charge in [0.15, 0.2) is 0 Å². The monoisotopic (exact) mass is 309 g/mol. The lowest BCUT2D eigenvalue weighted by Gasteiger charge is -2.38. The van der Waals surface area contributed by atoms with Crippen molar-refractivity contribution in [1.82, 2.24) is 10.2 Å². The van der Waals surface area contributed by atoms with Crippen molar-refractivity contribution in [2.75, 3.05) is 44.2 Å². The molecule has 0 aromatic heterocycles. The van der Waals surface area contributed by atoms with E-state index in [1.54, 1.807) is 4.90 Å². The number of amides is 1. The van der Waals surface area contributed by atoms with Gasteiger partial charge in [-0.3, -0.25) is 4.79 Å². The molecule has 22 heavy (non-hydrogen) atoms. The first-order valence-corrected chi connectivity index (χ1v) is 7.84. The number of halogens is 2. The van der Waals surface area contributed by atoms with E-state index in [4.69, 9.17) is 0 Å². The Kier molecular flexibility index (Phi) is 4.57. The summed E-state index contributed by atoms with van der Waals surface area (Å²) in [7, 11) is 0. The maximum atomic E-state index is 13.8. The molecule has 1 aromatic rings. The third kappa shape index (κ3) is 3.21. The summed E-state index contributed by atoms with van der Waals surface area (Å²) in [6, 6.07) is 3.49. The second-order valence-corrected chi connectivity index (χ2v) is 5.95. The highest BCUT2D eigenvalue weighted by atomic mass is 19.1. The molecular formula is C16H21F2N3O. The summed E-state index contributed by atoms with van der Waals surface area (Å²) in [5.74, 6) is -0.612. The Balaban J connectivity index is 1.60. The molecule has 2 aliphatic heterocycles. The topological polar surface area (TPSA) is 35.6 Å². The molecule has 2 aliphatic rings. The van der Waals surface area contributed by atoms with E-state index in [-0.39, 0.29) is 17.5 Å². The van der Waals surface area contributed by atoms with Crippen molar-refractivity contribution in [3.8, 4) is 0 Å². The second-order valence-electron chi connectivity index (χ2n) is 5.95. The number of benzene rings is 1. The number of hydrogen-bond donors (Lipinski definition) is 1. The lowest BCUT2D eigenvalue weighted by molar-refractivity contribution is -0.136. The molecule has 1 aromatic carbocycles. The van der Waals surface area contributed by atoms with Crippen molar-refractivity contribution in [2.45, 2.75) is 12.8 Å². The van der Waals surface area contributed by atoms with E-state index in [0.717, 1.165) is 38.1 Å². The van der Waals surface area contributed by atoms with Crippen LogP contribution in [0.3, 0.4) is 0 Å². The van der Waals surface area contributed by atoms with E-state index in [2.05, 4.69) is 5.32 Å². The van der Waals surface area contributed by atoms with E-state index >= 15 is 0 Å². The van der Waals surface area contributed by atoms with Crippen LogP contribution in [0.1, 0.15) is 12.8 Å². The van der Waals surface area contributed by atoms with Crippen molar-refractivity contribution in [3.05, 3.63) is 29.8 Å². The number of carbonyl (C=O) groups is 1. The number of carbonyl (C=O) groups excluding carboxylic acids is 1.